The van der Waals surface area contributed by atoms with Crippen molar-refractivity contribution in [3.63, 3.8) is 0 Å². The van der Waals surface area contributed by atoms with Crippen LogP contribution in [0, 0.1) is 0 Å². The molecule has 0 saturated carbocycles. The van der Waals surface area contributed by atoms with E-state index in [0.717, 1.165) is 45.5 Å². The maximum atomic E-state index is 12.7. The highest BCUT2D eigenvalue weighted by Gasteiger charge is 2.29. The summed E-state index contributed by atoms with van der Waals surface area (Å²) in [6.07, 6.45) is 1.99. The number of thioether (sulfide) groups is 2. The standard InChI is InChI=1S/C22H33NO2S2/c1-8-26-10-9-23-14-27-18(20(23)25)13-15-11-16(21(2,3)4)19(24)17(12-15)22(5,6)7/h11-13,24H,8-10,14H2,1-7H3. The van der Waals surface area contributed by atoms with Crippen molar-refractivity contribution < 1.29 is 9.90 Å². The molecule has 3 nitrogen and oxygen atoms in total. The zero-order chi connectivity index (χ0) is 20.4. The Bertz CT molecular complexity index is 692. The number of hydrogen-bond donors (Lipinski definition) is 1. The Labute approximate surface area is 173 Å². The van der Waals surface area contributed by atoms with Crippen molar-refractivity contribution in [1.82, 2.24) is 4.90 Å². The van der Waals surface area contributed by atoms with E-state index >= 15 is 0 Å². The summed E-state index contributed by atoms with van der Waals surface area (Å²) in [5.41, 5.74) is 2.49. The van der Waals surface area contributed by atoms with E-state index in [1.807, 2.05) is 34.9 Å². The Morgan fingerprint density at radius 1 is 1.15 bits per heavy atom. The van der Waals surface area contributed by atoms with E-state index in [2.05, 4.69) is 48.5 Å². The number of aromatic hydroxyl groups is 1. The summed E-state index contributed by atoms with van der Waals surface area (Å²) in [7, 11) is 0. The van der Waals surface area contributed by atoms with Crippen molar-refractivity contribution in [1.29, 1.82) is 0 Å². The quantitative estimate of drug-likeness (QED) is 0.508. The molecular weight excluding hydrogens is 374 g/mol. The topological polar surface area (TPSA) is 40.5 Å². The summed E-state index contributed by atoms with van der Waals surface area (Å²) in [4.78, 5) is 15.4. The van der Waals surface area contributed by atoms with Gasteiger partial charge in [-0.25, -0.2) is 0 Å². The number of rotatable bonds is 5. The van der Waals surface area contributed by atoms with Gasteiger partial charge in [0.15, 0.2) is 0 Å². The molecule has 0 aliphatic carbocycles. The average Bonchev–Trinajstić information content (AvgIpc) is 2.87. The molecule has 5 heteroatoms. The molecule has 150 valence electrons. The molecule has 1 saturated heterocycles. The monoisotopic (exact) mass is 407 g/mol. The van der Waals surface area contributed by atoms with E-state index in [-0.39, 0.29) is 16.7 Å². The smallest absolute Gasteiger partial charge is 0.261 e. The van der Waals surface area contributed by atoms with E-state index < -0.39 is 0 Å². The van der Waals surface area contributed by atoms with Crippen LogP contribution >= 0.6 is 23.5 Å². The van der Waals surface area contributed by atoms with Crippen molar-refractivity contribution in [3.05, 3.63) is 33.7 Å². The lowest BCUT2D eigenvalue weighted by atomic mass is 9.78. The second-order valence-corrected chi connectivity index (χ2v) is 11.4. The van der Waals surface area contributed by atoms with Crippen LogP contribution in [-0.4, -0.2) is 39.8 Å². The Balaban J connectivity index is 2.39. The zero-order valence-corrected chi connectivity index (χ0v) is 19.3. The first-order valence-electron chi connectivity index (χ1n) is 9.54. The molecule has 27 heavy (non-hydrogen) atoms. The molecular formula is C22H33NO2S2. The van der Waals surface area contributed by atoms with Gasteiger partial charge < -0.3 is 10.0 Å². The minimum atomic E-state index is -0.172. The Hall–Kier alpha value is -1.07. The molecule has 1 fully saturated rings. The summed E-state index contributed by atoms with van der Waals surface area (Å²) < 4.78 is 0. The number of carbonyl (C=O) groups is 1. The summed E-state index contributed by atoms with van der Waals surface area (Å²) in [6, 6.07) is 4.06. The number of benzene rings is 1. The van der Waals surface area contributed by atoms with Crippen LogP contribution in [0.15, 0.2) is 17.0 Å². The molecule has 1 aliphatic heterocycles. The highest BCUT2D eigenvalue weighted by Crippen LogP contribution is 2.41. The summed E-state index contributed by atoms with van der Waals surface area (Å²) >= 11 is 3.47. The van der Waals surface area contributed by atoms with Crippen LogP contribution in [0.1, 0.15) is 65.2 Å². The normalized spacial score (nSPS) is 17.2. The van der Waals surface area contributed by atoms with Crippen molar-refractivity contribution in [2.24, 2.45) is 0 Å². The van der Waals surface area contributed by atoms with E-state index in [1.54, 1.807) is 11.8 Å². The van der Waals surface area contributed by atoms with Crippen LogP contribution in [-0.2, 0) is 15.6 Å². The first-order chi connectivity index (χ1) is 12.4. The highest BCUT2D eigenvalue weighted by molar-refractivity contribution is 8.04. The van der Waals surface area contributed by atoms with E-state index in [1.165, 1.54) is 0 Å². The predicted molar refractivity (Wildman–Crippen MR) is 121 cm³/mol. The molecule has 1 N–H and O–H groups in total. The first kappa shape index (κ1) is 22.2. The summed E-state index contributed by atoms with van der Waals surface area (Å²) in [6.45, 7) is 15.6. The summed E-state index contributed by atoms with van der Waals surface area (Å²) in [5, 5.41) is 10.9. The lowest BCUT2D eigenvalue weighted by Gasteiger charge is -2.28. The van der Waals surface area contributed by atoms with E-state index in [4.69, 9.17) is 0 Å². The van der Waals surface area contributed by atoms with Crippen LogP contribution in [0.2, 0.25) is 0 Å². The van der Waals surface area contributed by atoms with Crippen molar-refractivity contribution in [2.45, 2.75) is 59.3 Å². The van der Waals surface area contributed by atoms with E-state index in [0.29, 0.717) is 5.75 Å². The van der Waals surface area contributed by atoms with Gasteiger partial charge in [-0.15, -0.1) is 0 Å². The van der Waals surface area contributed by atoms with Gasteiger partial charge in [-0.3, -0.25) is 4.79 Å². The van der Waals surface area contributed by atoms with Gasteiger partial charge in [-0.05, 0) is 40.4 Å². The van der Waals surface area contributed by atoms with E-state index in [9.17, 15) is 9.90 Å². The number of phenolic OH excluding ortho intramolecular Hbond substituents is 1. The molecule has 1 heterocycles. The molecule has 1 aromatic rings. The number of hydrogen-bond acceptors (Lipinski definition) is 4. The van der Waals surface area contributed by atoms with Crippen LogP contribution < -0.4 is 0 Å². The second-order valence-electron chi connectivity index (χ2n) is 9.01. The Kier molecular flexibility index (Phi) is 7.01. The van der Waals surface area contributed by atoms with Gasteiger partial charge in [0.2, 0.25) is 0 Å². The summed E-state index contributed by atoms with van der Waals surface area (Å²) in [5.74, 6) is 3.29. The fraction of sp³-hybridized carbons (Fsp3) is 0.591. The van der Waals surface area contributed by atoms with Crippen molar-refractivity contribution in [2.75, 3.05) is 23.9 Å². The van der Waals surface area contributed by atoms with Gasteiger partial charge in [0.25, 0.3) is 5.91 Å². The van der Waals surface area contributed by atoms with Gasteiger partial charge >= 0.3 is 0 Å². The van der Waals surface area contributed by atoms with Crippen LogP contribution in [0.5, 0.6) is 5.75 Å². The molecule has 0 spiro atoms. The minimum absolute atomic E-state index is 0.124. The number of phenols is 1. The lowest BCUT2D eigenvalue weighted by molar-refractivity contribution is -0.124. The first-order valence-corrected chi connectivity index (χ1v) is 11.7. The average molecular weight is 408 g/mol. The fourth-order valence-electron chi connectivity index (χ4n) is 3.05. The zero-order valence-electron chi connectivity index (χ0n) is 17.7. The number of nitrogens with zero attached hydrogens (tertiary/aromatic N) is 1. The second kappa shape index (κ2) is 8.52. The fourth-order valence-corrected chi connectivity index (χ4v) is 4.70. The van der Waals surface area contributed by atoms with Crippen LogP contribution in [0.25, 0.3) is 6.08 Å². The molecule has 0 radical (unpaired) electrons. The number of amides is 1. The third-order valence-electron chi connectivity index (χ3n) is 4.63. The minimum Gasteiger partial charge on any atom is -0.507 e. The van der Waals surface area contributed by atoms with Crippen LogP contribution in [0.4, 0.5) is 0 Å². The maximum Gasteiger partial charge on any atom is 0.261 e. The van der Waals surface area contributed by atoms with Gasteiger partial charge in [0, 0.05) is 23.4 Å². The van der Waals surface area contributed by atoms with Gasteiger partial charge in [0.05, 0.1) is 10.8 Å². The maximum absolute atomic E-state index is 12.7. The predicted octanol–water partition coefficient (Wildman–Crippen LogP) is 5.61. The molecule has 1 aliphatic rings. The van der Waals surface area contributed by atoms with Crippen molar-refractivity contribution >= 4 is 35.5 Å². The molecule has 2 rings (SSSR count). The molecule has 0 unspecified atom stereocenters. The van der Waals surface area contributed by atoms with Crippen molar-refractivity contribution in [3.8, 4) is 5.75 Å². The van der Waals surface area contributed by atoms with Gasteiger partial charge in [-0.1, -0.05) is 60.2 Å². The third-order valence-corrected chi connectivity index (χ3v) is 6.55. The highest BCUT2D eigenvalue weighted by atomic mass is 32.2. The largest absolute Gasteiger partial charge is 0.507 e. The molecule has 1 aromatic carbocycles. The number of carbonyl (C=O) groups excluding carboxylic acids is 1. The van der Waals surface area contributed by atoms with Gasteiger partial charge in [-0.2, -0.15) is 11.8 Å². The molecule has 0 aromatic heterocycles. The molecule has 1 amide bonds. The third kappa shape index (κ3) is 5.47. The lowest BCUT2D eigenvalue weighted by Crippen LogP contribution is -2.27. The van der Waals surface area contributed by atoms with Crippen LogP contribution in [0.3, 0.4) is 0 Å². The molecule has 0 bridgehead atoms. The SMILES string of the molecule is CCSCCN1CSC(=Cc2cc(C(C)(C)C)c(O)c(C(C)(C)C)c2)C1=O. The molecule has 0 atom stereocenters. The Morgan fingerprint density at radius 2 is 1.70 bits per heavy atom. The van der Waals surface area contributed by atoms with Gasteiger partial charge in [0.1, 0.15) is 5.75 Å². The Morgan fingerprint density at radius 3 is 2.19 bits per heavy atom.